The molecule has 0 atom stereocenters. The fraction of sp³-hybridized carbons (Fsp3) is 0.462. The van der Waals surface area contributed by atoms with Crippen molar-refractivity contribution < 1.29 is 9.53 Å². The molecule has 18 heavy (non-hydrogen) atoms. The smallest absolute Gasteiger partial charge is 0.290 e. The molecule has 0 saturated heterocycles. The van der Waals surface area contributed by atoms with Gasteiger partial charge in [0.2, 0.25) is 0 Å². The van der Waals surface area contributed by atoms with Crippen molar-refractivity contribution in [3.05, 3.63) is 24.0 Å². The van der Waals surface area contributed by atoms with Gasteiger partial charge in [-0.25, -0.2) is 5.43 Å². The van der Waals surface area contributed by atoms with Gasteiger partial charge in [0.25, 0.3) is 5.91 Å². The van der Waals surface area contributed by atoms with Gasteiger partial charge in [-0.15, -0.1) is 0 Å². The molecule has 0 fully saturated rings. The molecule has 1 heterocycles. The lowest BCUT2D eigenvalue weighted by atomic mass is 10.1. The molecule has 1 aromatic rings. The van der Waals surface area contributed by atoms with Crippen LogP contribution in [0.1, 0.15) is 37.7 Å². The summed E-state index contributed by atoms with van der Waals surface area (Å²) in [5.41, 5.74) is 3.66. The zero-order chi connectivity index (χ0) is 13.5. The van der Waals surface area contributed by atoms with Crippen LogP contribution in [-0.2, 0) is 0 Å². The fourth-order valence-electron chi connectivity index (χ4n) is 1.50. The summed E-state index contributed by atoms with van der Waals surface area (Å²) in [5.74, 6) is 0.774. The van der Waals surface area contributed by atoms with Gasteiger partial charge in [0.1, 0.15) is 11.4 Å². The summed E-state index contributed by atoms with van der Waals surface area (Å²) in [4.78, 5) is 15.7. The summed E-state index contributed by atoms with van der Waals surface area (Å²) < 4.78 is 5.03. The van der Waals surface area contributed by atoms with Crippen molar-refractivity contribution in [2.75, 3.05) is 7.11 Å². The predicted molar refractivity (Wildman–Crippen MR) is 70.8 cm³/mol. The lowest BCUT2D eigenvalue weighted by Gasteiger charge is -2.05. The van der Waals surface area contributed by atoms with Crippen molar-refractivity contribution in [3.63, 3.8) is 0 Å². The lowest BCUT2D eigenvalue weighted by molar-refractivity contribution is 0.0949. The maximum absolute atomic E-state index is 11.8. The highest BCUT2D eigenvalue weighted by Crippen LogP contribution is 2.09. The van der Waals surface area contributed by atoms with E-state index in [4.69, 9.17) is 4.74 Å². The predicted octanol–water partition coefficient (Wildman–Crippen LogP) is 2.24. The minimum absolute atomic E-state index is 0.287. The molecule has 0 aromatic carbocycles. The second-order valence-electron chi connectivity index (χ2n) is 4.47. The Morgan fingerprint density at radius 3 is 2.89 bits per heavy atom. The van der Waals surface area contributed by atoms with Crippen LogP contribution in [0.25, 0.3) is 0 Å². The van der Waals surface area contributed by atoms with E-state index in [0.29, 0.717) is 11.7 Å². The average Bonchev–Trinajstić information content (AvgIpc) is 2.35. The van der Waals surface area contributed by atoms with Crippen molar-refractivity contribution in [2.45, 2.75) is 27.2 Å². The Morgan fingerprint density at radius 1 is 1.56 bits per heavy atom. The van der Waals surface area contributed by atoms with Gasteiger partial charge >= 0.3 is 0 Å². The summed E-state index contributed by atoms with van der Waals surface area (Å²) in [5, 5.41) is 4.03. The molecule has 0 aliphatic heterocycles. The van der Waals surface area contributed by atoms with Gasteiger partial charge in [-0.3, -0.25) is 9.78 Å². The second kappa shape index (κ2) is 6.74. The molecule has 1 aromatic heterocycles. The summed E-state index contributed by atoms with van der Waals surface area (Å²) in [6.45, 7) is 6.09. The molecule has 1 rings (SSSR count). The molecule has 0 aliphatic carbocycles. The molecule has 0 unspecified atom stereocenters. The molecular formula is C13H19N3O2. The Balaban J connectivity index is 2.65. The quantitative estimate of drug-likeness (QED) is 0.643. The van der Waals surface area contributed by atoms with Crippen LogP contribution < -0.4 is 10.2 Å². The van der Waals surface area contributed by atoms with Gasteiger partial charge < -0.3 is 4.74 Å². The van der Waals surface area contributed by atoms with Crippen molar-refractivity contribution in [2.24, 2.45) is 11.0 Å². The minimum atomic E-state index is -0.336. The molecule has 1 N–H and O–H groups in total. The molecule has 0 saturated carbocycles. The number of hydrogen-bond donors (Lipinski definition) is 1. The topological polar surface area (TPSA) is 63.6 Å². The Hall–Kier alpha value is -1.91. The molecule has 5 heteroatoms. The maximum Gasteiger partial charge on any atom is 0.290 e. The molecule has 0 spiro atoms. The number of nitrogens with zero attached hydrogens (tertiary/aromatic N) is 2. The first-order chi connectivity index (χ1) is 8.52. The van der Waals surface area contributed by atoms with Crippen LogP contribution in [0.4, 0.5) is 0 Å². The maximum atomic E-state index is 11.8. The van der Waals surface area contributed by atoms with Crippen molar-refractivity contribution in [1.29, 1.82) is 0 Å². The molecule has 0 radical (unpaired) electrons. The third-order valence-corrected chi connectivity index (χ3v) is 2.25. The van der Waals surface area contributed by atoms with Gasteiger partial charge in [-0.05, 0) is 25.3 Å². The fourth-order valence-corrected chi connectivity index (χ4v) is 1.50. The van der Waals surface area contributed by atoms with Crippen molar-refractivity contribution >= 4 is 11.6 Å². The number of hydrazone groups is 1. The van der Waals surface area contributed by atoms with Crippen LogP contribution in [-0.4, -0.2) is 23.7 Å². The van der Waals surface area contributed by atoms with Gasteiger partial charge in [0, 0.05) is 18.0 Å². The normalized spacial score (nSPS) is 11.5. The van der Waals surface area contributed by atoms with Crippen molar-refractivity contribution in [3.8, 4) is 5.75 Å². The molecular weight excluding hydrogens is 230 g/mol. The largest absolute Gasteiger partial charge is 0.497 e. The van der Waals surface area contributed by atoms with Crippen LogP contribution in [0.15, 0.2) is 23.4 Å². The molecule has 1 amide bonds. The van der Waals surface area contributed by atoms with E-state index in [-0.39, 0.29) is 11.6 Å². The number of carbonyl (C=O) groups excluding carboxylic acids is 1. The van der Waals surface area contributed by atoms with Gasteiger partial charge in [0.05, 0.1) is 7.11 Å². The third kappa shape index (κ3) is 4.53. The Labute approximate surface area is 107 Å². The highest BCUT2D eigenvalue weighted by Gasteiger charge is 2.07. The first kappa shape index (κ1) is 14.2. The van der Waals surface area contributed by atoms with E-state index in [2.05, 4.69) is 29.4 Å². The first-order valence-corrected chi connectivity index (χ1v) is 5.86. The van der Waals surface area contributed by atoms with Gasteiger partial charge in [-0.2, -0.15) is 5.10 Å². The van der Waals surface area contributed by atoms with Gasteiger partial charge in [-0.1, -0.05) is 13.8 Å². The highest BCUT2D eigenvalue weighted by molar-refractivity contribution is 5.93. The molecule has 0 bridgehead atoms. The summed E-state index contributed by atoms with van der Waals surface area (Å²) in [6, 6.07) is 3.26. The zero-order valence-corrected chi connectivity index (χ0v) is 11.2. The van der Waals surface area contributed by atoms with Crippen molar-refractivity contribution in [1.82, 2.24) is 10.4 Å². The lowest BCUT2D eigenvalue weighted by Crippen LogP contribution is -2.20. The monoisotopic (exact) mass is 249 g/mol. The Kier molecular flexibility index (Phi) is 5.30. The van der Waals surface area contributed by atoms with E-state index in [1.807, 2.05) is 6.92 Å². The van der Waals surface area contributed by atoms with E-state index >= 15 is 0 Å². The van der Waals surface area contributed by atoms with Crippen LogP contribution in [0.5, 0.6) is 5.75 Å². The molecule has 98 valence electrons. The average molecular weight is 249 g/mol. The number of amides is 1. The van der Waals surface area contributed by atoms with E-state index in [0.717, 1.165) is 12.1 Å². The van der Waals surface area contributed by atoms with Gasteiger partial charge in [0.15, 0.2) is 0 Å². The Bertz CT molecular complexity index is 442. The number of methoxy groups -OCH3 is 1. The summed E-state index contributed by atoms with van der Waals surface area (Å²) >= 11 is 0. The number of ether oxygens (including phenoxy) is 1. The Morgan fingerprint density at radius 2 is 2.28 bits per heavy atom. The van der Waals surface area contributed by atoms with E-state index < -0.39 is 0 Å². The molecule has 0 aliphatic rings. The third-order valence-electron chi connectivity index (χ3n) is 2.25. The summed E-state index contributed by atoms with van der Waals surface area (Å²) in [6.07, 6.45) is 2.38. The van der Waals surface area contributed by atoms with Crippen LogP contribution in [0, 0.1) is 5.92 Å². The second-order valence-corrected chi connectivity index (χ2v) is 4.47. The van der Waals surface area contributed by atoms with Crippen LogP contribution in [0.3, 0.4) is 0 Å². The molecule has 5 nitrogen and oxygen atoms in total. The zero-order valence-electron chi connectivity index (χ0n) is 11.2. The van der Waals surface area contributed by atoms with Crippen LogP contribution in [0.2, 0.25) is 0 Å². The standard InChI is InChI=1S/C13H19N3O2/c1-9(2)7-10(3)15-16-13(17)12-8-11(18-4)5-6-14-12/h5-6,8-9H,7H2,1-4H3,(H,16,17). The van der Waals surface area contributed by atoms with E-state index in [1.165, 1.54) is 6.20 Å². The number of pyridine rings is 1. The number of nitrogens with one attached hydrogen (secondary N) is 1. The number of rotatable bonds is 5. The number of hydrogen-bond acceptors (Lipinski definition) is 4. The highest BCUT2D eigenvalue weighted by atomic mass is 16.5. The SMILES string of the molecule is COc1ccnc(C(=O)NN=C(C)CC(C)C)c1. The van der Waals surface area contributed by atoms with Crippen LogP contribution >= 0.6 is 0 Å². The first-order valence-electron chi connectivity index (χ1n) is 5.86. The minimum Gasteiger partial charge on any atom is -0.497 e. The summed E-state index contributed by atoms with van der Waals surface area (Å²) in [7, 11) is 1.54. The number of aromatic nitrogens is 1. The van der Waals surface area contributed by atoms with E-state index in [1.54, 1.807) is 19.2 Å². The van der Waals surface area contributed by atoms with E-state index in [9.17, 15) is 4.79 Å². The number of carbonyl (C=O) groups is 1.